The van der Waals surface area contributed by atoms with E-state index in [0.29, 0.717) is 0 Å². The Morgan fingerprint density at radius 2 is 0.922 bits per heavy atom. The first kappa shape index (κ1) is 29.5. The molecule has 0 amide bonds. The van der Waals surface area contributed by atoms with Crippen molar-refractivity contribution >= 4 is 70.4 Å². The lowest BCUT2D eigenvalue weighted by atomic mass is 10.00. The summed E-state index contributed by atoms with van der Waals surface area (Å²) in [6.45, 7) is 0. The van der Waals surface area contributed by atoms with Crippen LogP contribution in [0.2, 0.25) is 0 Å². The first-order chi connectivity index (χ1) is 25.3. The summed E-state index contributed by atoms with van der Waals surface area (Å²) < 4.78 is 4.98. The number of benzene rings is 8. The van der Waals surface area contributed by atoms with Crippen molar-refractivity contribution in [2.24, 2.45) is 0 Å². The van der Waals surface area contributed by atoms with Crippen LogP contribution in [0.5, 0.6) is 0 Å². The maximum absolute atomic E-state index is 2.44. The lowest BCUT2D eigenvalue weighted by Gasteiger charge is -2.26. The predicted molar refractivity (Wildman–Crippen MR) is 219 cm³/mol. The fourth-order valence-electron chi connectivity index (χ4n) is 7.58. The largest absolute Gasteiger partial charge is 0.309 e. The molecule has 2 nitrogen and oxygen atoms in total. The number of thiophene rings is 1. The molecule has 0 N–H and O–H groups in total. The molecule has 0 bridgehead atoms. The molecule has 0 atom stereocenters. The molecule has 240 valence electrons. The van der Waals surface area contributed by atoms with Gasteiger partial charge in [0.05, 0.1) is 21.4 Å². The second-order valence-electron chi connectivity index (χ2n) is 13.0. The quantitative estimate of drug-likeness (QED) is 0.171. The molecule has 0 aliphatic heterocycles. The number of hydrogen-bond acceptors (Lipinski definition) is 2. The van der Waals surface area contributed by atoms with Gasteiger partial charge in [0.1, 0.15) is 0 Å². The number of nitrogens with zero attached hydrogens (tertiary/aromatic N) is 2. The topological polar surface area (TPSA) is 8.17 Å². The van der Waals surface area contributed by atoms with E-state index in [9.17, 15) is 0 Å². The van der Waals surface area contributed by atoms with Crippen molar-refractivity contribution in [1.29, 1.82) is 0 Å². The van der Waals surface area contributed by atoms with E-state index >= 15 is 0 Å². The zero-order valence-electron chi connectivity index (χ0n) is 27.8. The van der Waals surface area contributed by atoms with E-state index in [1.807, 2.05) is 11.3 Å². The first-order valence-electron chi connectivity index (χ1n) is 17.4. The SMILES string of the molecule is c1ccc(-c2ccc(-c3ccc(N(c4ccc5c6ccccc6n(-c6ccccc6)c5c4)c4cccc5c4sc4ccccc45)cc3)cc2)cc1. The molecular formula is C48H32N2S. The molecule has 0 saturated heterocycles. The van der Waals surface area contributed by atoms with Gasteiger partial charge in [0.15, 0.2) is 0 Å². The lowest BCUT2D eigenvalue weighted by Crippen LogP contribution is -2.10. The summed E-state index contributed by atoms with van der Waals surface area (Å²) in [6, 6.07) is 70.3. The molecule has 0 saturated carbocycles. The van der Waals surface area contributed by atoms with Crippen molar-refractivity contribution in [1.82, 2.24) is 4.57 Å². The number of aromatic nitrogens is 1. The molecule has 10 aromatic rings. The molecule has 0 spiro atoms. The van der Waals surface area contributed by atoms with Gasteiger partial charge in [-0.25, -0.2) is 0 Å². The zero-order chi connectivity index (χ0) is 33.7. The van der Waals surface area contributed by atoms with Gasteiger partial charge in [0.25, 0.3) is 0 Å². The highest BCUT2D eigenvalue weighted by Gasteiger charge is 2.20. The van der Waals surface area contributed by atoms with Crippen LogP contribution in [0.4, 0.5) is 17.1 Å². The van der Waals surface area contributed by atoms with E-state index in [0.717, 1.165) is 17.1 Å². The molecule has 10 rings (SSSR count). The number of anilines is 3. The average molecular weight is 669 g/mol. The van der Waals surface area contributed by atoms with Crippen LogP contribution in [0.15, 0.2) is 194 Å². The monoisotopic (exact) mass is 668 g/mol. The minimum absolute atomic E-state index is 1.12. The van der Waals surface area contributed by atoms with E-state index in [1.165, 1.54) is 69.9 Å². The van der Waals surface area contributed by atoms with Gasteiger partial charge >= 0.3 is 0 Å². The van der Waals surface area contributed by atoms with Crippen molar-refractivity contribution in [2.45, 2.75) is 0 Å². The standard InChI is InChI=1S/C48H32N2S/c1-3-12-33(13-4-1)34-22-24-35(25-23-34)36-26-28-38(29-27-36)49(45-20-11-18-43-42-17-8-10-21-47(42)51-48(43)45)39-30-31-41-40-16-7-9-19-44(40)50(46(41)32-39)37-14-5-2-6-15-37/h1-32H. The summed E-state index contributed by atoms with van der Waals surface area (Å²) in [5.41, 5.74) is 11.8. The Bertz CT molecular complexity index is 2830. The first-order valence-corrected chi connectivity index (χ1v) is 18.2. The minimum atomic E-state index is 1.12. The minimum Gasteiger partial charge on any atom is -0.309 e. The van der Waals surface area contributed by atoms with Crippen molar-refractivity contribution in [3.05, 3.63) is 194 Å². The summed E-state index contributed by atoms with van der Waals surface area (Å²) >= 11 is 1.87. The van der Waals surface area contributed by atoms with Crippen molar-refractivity contribution in [3.8, 4) is 27.9 Å². The predicted octanol–water partition coefficient (Wildman–Crippen LogP) is 14.0. The molecule has 8 aromatic carbocycles. The van der Waals surface area contributed by atoms with Crippen LogP contribution in [-0.4, -0.2) is 4.57 Å². The average Bonchev–Trinajstić information content (AvgIpc) is 3.75. The van der Waals surface area contributed by atoms with Crippen LogP contribution in [0, 0.1) is 0 Å². The number of hydrogen-bond donors (Lipinski definition) is 0. The highest BCUT2D eigenvalue weighted by molar-refractivity contribution is 7.26. The van der Waals surface area contributed by atoms with Gasteiger partial charge in [0, 0.05) is 43.3 Å². The highest BCUT2D eigenvalue weighted by Crippen LogP contribution is 2.46. The normalized spacial score (nSPS) is 11.5. The van der Waals surface area contributed by atoms with Gasteiger partial charge in [-0.15, -0.1) is 11.3 Å². The van der Waals surface area contributed by atoms with Crippen molar-refractivity contribution in [2.75, 3.05) is 4.90 Å². The highest BCUT2D eigenvalue weighted by atomic mass is 32.1. The van der Waals surface area contributed by atoms with E-state index < -0.39 is 0 Å². The van der Waals surface area contributed by atoms with Crippen LogP contribution < -0.4 is 4.90 Å². The molecule has 0 aliphatic rings. The summed E-state index contributed by atoms with van der Waals surface area (Å²) in [7, 11) is 0. The Balaban J connectivity index is 1.15. The fourth-order valence-corrected chi connectivity index (χ4v) is 8.78. The Hall–Kier alpha value is -6.42. The van der Waals surface area contributed by atoms with Crippen molar-refractivity contribution in [3.63, 3.8) is 0 Å². The van der Waals surface area contributed by atoms with Crippen molar-refractivity contribution < 1.29 is 0 Å². The molecule has 3 heteroatoms. The Labute approximate surface area is 300 Å². The maximum atomic E-state index is 2.44. The van der Waals surface area contributed by atoms with Gasteiger partial charge in [-0.05, 0) is 76.9 Å². The number of rotatable bonds is 6. The summed E-state index contributed by atoms with van der Waals surface area (Å²) in [6.07, 6.45) is 0. The van der Waals surface area contributed by atoms with Gasteiger partial charge in [0.2, 0.25) is 0 Å². The molecule has 0 unspecified atom stereocenters. The van der Waals surface area contributed by atoms with E-state index in [-0.39, 0.29) is 0 Å². The molecule has 0 radical (unpaired) electrons. The maximum Gasteiger partial charge on any atom is 0.0640 e. The molecule has 0 fully saturated rings. The zero-order valence-corrected chi connectivity index (χ0v) is 28.6. The van der Waals surface area contributed by atoms with Crippen LogP contribution in [0.25, 0.3) is 69.9 Å². The van der Waals surface area contributed by atoms with Gasteiger partial charge in [-0.2, -0.15) is 0 Å². The second kappa shape index (κ2) is 12.2. The molecule has 2 aromatic heterocycles. The molecular weight excluding hydrogens is 637 g/mol. The Morgan fingerprint density at radius 3 is 1.67 bits per heavy atom. The van der Waals surface area contributed by atoms with Crippen LogP contribution in [-0.2, 0) is 0 Å². The summed E-state index contributed by atoms with van der Waals surface area (Å²) in [4.78, 5) is 2.44. The van der Waals surface area contributed by atoms with Crippen LogP contribution >= 0.6 is 11.3 Å². The van der Waals surface area contributed by atoms with E-state index in [2.05, 4.69) is 204 Å². The van der Waals surface area contributed by atoms with Gasteiger partial charge < -0.3 is 9.47 Å². The summed E-state index contributed by atoms with van der Waals surface area (Å²) in [5, 5.41) is 5.08. The van der Waals surface area contributed by atoms with E-state index in [4.69, 9.17) is 0 Å². The third kappa shape index (κ3) is 5.01. The smallest absolute Gasteiger partial charge is 0.0640 e. The van der Waals surface area contributed by atoms with Gasteiger partial charge in [-0.3, -0.25) is 0 Å². The van der Waals surface area contributed by atoms with Crippen LogP contribution in [0.3, 0.4) is 0 Å². The van der Waals surface area contributed by atoms with Crippen LogP contribution in [0.1, 0.15) is 0 Å². The lowest BCUT2D eigenvalue weighted by molar-refractivity contribution is 1.18. The molecule has 0 aliphatic carbocycles. The molecule has 2 heterocycles. The summed E-state index contributed by atoms with van der Waals surface area (Å²) in [5.74, 6) is 0. The number of fused-ring (bicyclic) bond motifs is 6. The van der Waals surface area contributed by atoms with E-state index in [1.54, 1.807) is 0 Å². The third-order valence-electron chi connectivity index (χ3n) is 10.0. The Kier molecular flexibility index (Phi) is 7.04. The number of para-hydroxylation sites is 2. The fraction of sp³-hybridized carbons (Fsp3) is 0. The molecule has 51 heavy (non-hydrogen) atoms. The van der Waals surface area contributed by atoms with Gasteiger partial charge in [-0.1, -0.05) is 140 Å². The second-order valence-corrected chi connectivity index (χ2v) is 14.0. The Morgan fingerprint density at radius 1 is 0.373 bits per heavy atom. The third-order valence-corrected chi connectivity index (χ3v) is 11.2.